The molecule has 0 radical (unpaired) electrons. The van der Waals surface area contributed by atoms with Gasteiger partial charge in [0, 0.05) is 6.61 Å². The van der Waals surface area contributed by atoms with Gasteiger partial charge in [-0.3, -0.25) is 0 Å². The van der Waals surface area contributed by atoms with Crippen LogP contribution in [-0.4, -0.2) is 58.4 Å². The summed E-state index contributed by atoms with van der Waals surface area (Å²) in [5.41, 5.74) is 0. The number of thiol groups is 1. The van der Waals surface area contributed by atoms with E-state index in [1.165, 1.54) is 0 Å². The standard InChI is InChI=1S/C8H16O5S/c1-2-12-6-5(10)4(3-9)13-8(11)7(6)14/h4-11,14H,2-3H2,1H3/t4-,5-,6+,7-,8+/m1/s1. The first-order valence-electron chi connectivity index (χ1n) is 4.54. The zero-order valence-electron chi connectivity index (χ0n) is 7.91. The van der Waals surface area contributed by atoms with Gasteiger partial charge in [0.2, 0.25) is 0 Å². The highest BCUT2D eigenvalue weighted by Crippen LogP contribution is 2.25. The van der Waals surface area contributed by atoms with E-state index >= 15 is 0 Å². The zero-order chi connectivity index (χ0) is 10.7. The molecule has 5 nitrogen and oxygen atoms in total. The summed E-state index contributed by atoms with van der Waals surface area (Å²) in [6, 6.07) is 0. The molecule has 3 N–H and O–H groups in total. The highest BCUT2D eigenvalue weighted by Gasteiger charge is 2.43. The van der Waals surface area contributed by atoms with Crippen LogP contribution in [0.5, 0.6) is 0 Å². The molecule has 0 aliphatic carbocycles. The van der Waals surface area contributed by atoms with Gasteiger partial charge in [-0.05, 0) is 6.92 Å². The Labute approximate surface area is 88.1 Å². The number of hydrogen-bond donors (Lipinski definition) is 4. The maximum atomic E-state index is 9.68. The van der Waals surface area contributed by atoms with Gasteiger partial charge in [-0.1, -0.05) is 0 Å². The molecule has 0 saturated carbocycles. The number of hydrogen-bond acceptors (Lipinski definition) is 6. The molecule has 0 spiro atoms. The lowest BCUT2D eigenvalue weighted by Crippen LogP contribution is -2.57. The van der Waals surface area contributed by atoms with Crippen molar-refractivity contribution < 1.29 is 24.8 Å². The molecule has 1 aliphatic rings. The van der Waals surface area contributed by atoms with E-state index in [1.54, 1.807) is 6.92 Å². The van der Waals surface area contributed by atoms with Crippen molar-refractivity contribution in [3.05, 3.63) is 0 Å². The fourth-order valence-corrected chi connectivity index (χ4v) is 1.79. The van der Waals surface area contributed by atoms with Crippen LogP contribution in [0.3, 0.4) is 0 Å². The normalized spacial score (nSPS) is 43.9. The van der Waals surface area contributed by atoms with E-state index in [0.29, 0.717) is 6.61 Å². The van der Waals surface area contributed by atoms with E-state index in [1.807, 2.05) is 0 Å². The minimum absolute atomic E-state index is 0.359. The van der Waals surface area contributed by atoms with Crippen molar-refractivity contribution in [1.29, 1.82) is 0 Å². The van der Waals surface area contributed by atoms with Crippen LogP contribution in [0.25, 0.3) is 0 Å². The Hall–Kier alpha value is 0.150. The molecule has 0 amide bonds. The summed E-state index contributed by atoms with van der Waals surface area (Å²) in [4.78, 5) is 0. The molecule has 0 aromatic heterocycles. The van der Waals surface area contributed by atoms with Gasteiger partial charge in [0.05, 0.1) is 11.9 Å². The van der Waals surface area contributed by atoms with Gasteiger partial charge in [-0.25, -0.2) is 0 Å². The molecule has 1 rings (SSSR count). The predicted octanol–water partition coefficient (Wildman–Crippen LogP) is -1.24. The first kappa shape index (κ1) is 12.2. The average Bonchev–Trinajstić information content (AvgIpc) is 2.18. The van der Waals surface area contributed by atoms with Gasteiger partial charge in [0.15, 0.2) is 6.29 Å². The SMILES string of the molecule is CCO[C@H]1[C@H](O)[C@@H](CO)O[C@H](O)[C@@H]1S. The van der Waals surface area contributed by atoms with Crippen LogP contribution in [0.2, 0.25) is 0 Å². The monoisotopic (exact) mass is 224 g/mol. The highest BCUT2D eigenvalue weighted by molar-refractivity contribution is 7.81. The molecule has 1 heterocycles. The maximum absolute atomic E-state index is 9.68. The minimum Gasteiger partial charge on any atom is -0.394 e. The third kappa shape index (κ3) is 2.39. The van der Waals surface area contributed by atoms with Gasteiger partial charge in [-0.15, -0.1) is 0 Å². The van der Waals surface area contributed by atoms with E-state index in [-0.39, 0.29) is 6.61 Å². The van der Waals surface area contributed by atoms with Gasteiger partial charge >= 0.3 is 0 Å². The summed E-state index contributed by atoms with van der Waals surface area (Å²) in [6.07, 6.45) is -3.53. The van der Waals surface area contributed by atoms with Crippen LogP contribution in [-0.2, 0) is 9.47 Å². The molecular formula is C8H16O5S. The summed E-state index contributed by atoms with van der Waals surface area (Å²) >= 11 is 4.08. The summed E-state index contributed by atoms with van der Waals surface area (Å²) in [6.45, 7) is 1.83. The van der Waals surface area contributed by atoms with E-state index in [4.69, 9.17) is 14.6 Å². The van der Waals surface area contributed by atoms with Crippen molar-refractivity contribution in [3.8, 4) is 0 Å². The lowest BCUT2D eigenvalue weighted by molar-refractivity contribution is -0.242. The second-order valence-electron chi connectivity index (χ2n) is 3.15. The van der Waals surface area contributed by atoms with Crippen LogP contribution in [0, 0.1) is 0 Å². The Kier molecular flexibility index (Phi) is 4.62. The Morgan fingerprint density at radius 1 is 1.43 bits per heavy atom. The number of aliphatic hydroxyl groups is 3. The van der Waals surface area contributed by atoms with Crippen LogP contribution in [0.1, 0.15) is 6.92 Å². The van der Waals surface area contributed by atoms with Crippen molar-refractivity contribution in [3.63, 3.8) is 0 Å². The number of ether oxygens (including phenoxy) is 2. The van der Waals surface area contributed by atoms with Crippen LogP contribution in [0.15, 0.2) is 0 Å². The first-order valence-corrected chi connectivity index (χ1v) is 5.05. The maximum Gasteiger partial charge on any atom is 0.169 e. The molecule has 6 heteroatoms. The predicted molar refractivity (Wildman–Crippen MR) is 52.2 cm³/mol. The van der Waals surface area contributed by atoms with Gasteiger partial charge < -0.3 is 24.8 Å². The Bertz CT molecular complexity index is 179. The lowest BCUT2D eigenvalue weighted by Gasteiger charge is -2.40. The smallest absolute Gasteiger partial charge is 0.169 e. The quantitative estimate of drug-likeness (QED) is 0.451. The van der Waals surface area contributed by atoms with Crippen molar-refractivity contribution in [2.75, 3.05) is 13.2 Å². The van der Waals surface area contributed by atoms with E-state index in [0.717, 1.165) is 0 Å². The van der Waals surface area contributed by atoms with Gasteiger partial charge in [0.1, 0.15) is 18.3 Å². The van der Waals surface area contributed by atoms with Crippen molar-refractivity contribution in [1.82, 2.24) is 0 Å². The van der Waals surface area contributed by atoms with E-state index in [2.05, 4.69) is 12.6 Å². The van der Waals surface area contributed by atoms with Crippen LogP contribution >= 0.6 is 12.6 Å². The summed E-state index contributed by atoms with van der Waals surface area (Å²) < 4.78 is 10.2. The van der Waals surface area contributed by atoms with Gasteiger partial charge in [-0.2, -0.15) is 12.6 Å². The van der Waals surface area contributed by atoms with Gasteiger partial charge in [0.25, 0.3) is 0 Å². The number of rotatable bonds is 3. The topological polar surface area (TPSA) is 79.2 Å². The molecule has 0 aromatic carbocycles. The third-order valence-corrected chi connectivity index (χ3v) is 2.75. The molecule has 0 aromatic rings. The fraction of sp³-hybridized carbons (Fsp3) is 1.00. The molecule has 5 atom stereocenters. The fourth-order valence-electron chi connectivity index (χ4n) is 1.46. The first-order chi connectivity index (χ1) is 6.61. The molecular weight excluding hydrogens is 208 g/mol. The third-order valence-electron chi connectivity index (χ3n) is 2.20. The van der Waals surface area contributed by atoms with Crippen LogP contribution in [0.4, 0.5) is 0 Å². The molecule has 14 heavy (non-hydrogen) atoms. The second kappa shape index (κ2) is 5.29. The molecule has 0 bridgehead atoms. The Morgan fingerprint density at radius 3 is 2.57 bits per heavy atom. The summed E-state index contributed by atoms with van der Waals surface area (Å²) in [7, 11) is 0. The number of aliphatic hydroxyl groups excluding tert-OH is 3. The Morgan fingerprint density at radius 2 is 2.07 bits per heavy atom. The molecule has 84 valence electrons. The Balaban J connectivity index is 2.67. The summed E-state index contributed by atoms with van der Waals surface area (Å²) in [5.74, 6) is 0. The van der Waals surface area contributed by atoms with Crippen molar-refractivity contribution >= 4 is 12.6 Å². The van der Waals surface area contributed by atoms with E-state index < -0.39 is 29.9 Å². The molecule has 1 aliphatic heterocycles. The molecule has 1 saturated heterocycles. The van der Waals surface area contributed by atoms with Crippen LogP contribution < -0.4 is 0 Å². The van der Waals surface area contributed by atoms with E-state index in [9.17, 15) is 10.2 Å². The second-order valence-corrected chi connectivity index (χ2v) is 3.75. The lowest BCUT2D eigenvalue weighted by atomic mass is 10.0. The van der Waals surface area contributed by atoms with Crippen molar-refractivity contribution in [2.24, 2.45) is 0 Å². The zero-order valence-corrected chi connectivity index (χ0v) is 8.80. The average molecular weight is 224 g/mol. The molecule has 0 unspecified atom stereocenters. The van der Waals surface area contributed by atoms with Crippen molar-refractivity contribution in [2.45, 2.75) is 36.8 Å². The minimum atomic E-state index is -1.13. The summed E-state index contributed by atoms with van der Waals surface area (Å²) in [5, 5.41) is 27.3. The molecule has 1 fully saturated rings. The highest BCUT2D eigenvalue weighted by atomic mass is 32.1. The largest absolute Gasteiger partial charge is 0.394 e.